The highest BCUT2D eigenvalue weighted by Crippen LogP contribution is 2.28. The summed E-state index contributed by atoms with van der Waals surface area (Å²) in [5.74, 6) is 5.46. The molecule has 1 heterocycles. The van der Waals surface area contributed by atoms with Gasteiger partial charge in [-0.25, -0.2) is 0 Å². The molecule has 0 spiro atoms. The molecule has 2 rings (SSSR count). The Morgan fingerprint density at radius 2 is 1.65 bits per heavy atom. The Bertz CT molecular complexity index is 714. The smallest absolute Gasteiger partial charge is 0.263 e. The first-order valence-electron chi connectivity index (χ1n) is 5.54. The lowest BCUT2D eigenvalue weighted by Crippen LogP contribution is -2.04. The Morgan fingerprint density at radius 1 is 0.950 bits per heavy atom. The zero-order valence-corrected chi connectivity index (χ0v) is 10.1. The van der Waals surface area contributed by atoms with E-state index in [0.29, 0.717) is 16.7 Å². The molecule has 98 valence electrons. The molecule has 0 aliphatic rings. The van der Waals surface area contributed by atoms with Crippen molar-refractivity contribution in [3.05, 3.63) is 65.0 Å². The van der Waals surface area contributed by atoms with Crippen LogP contribution in [0.25, 0.3) is 0 Å². The predicted octanol–water partition coefficient (Wildman–Crippen LogP) is 3.37. The van der Waals surface area contributed by atoms with Crippen LogP contribution in [0.3, 0.4) is 0 Å². The molecule has 1 aromatic carbocycles. The molecule has 0 saturated heterocycles. The number of hydrogen-bond acceptors (Lipinski definition) is 2. The van der Waals surface area contributed by atoms with Crippen LogP contribution in [0.2, 0.25) is 0 Å². The van der Waals surface area contributed by atoms with Gasteiger partial charge in [-0.1, -0.05) is 11.8 Å². The molecule has 0 aliphatic carbocycles. The van der Waals surface area contributed by atoms with Gasteiger partial charge in [0.2, 0.25) is 0 Å². The number of rotatable bonds is 0. The molecule has 1 aromatic heterocycles. The highest BCUT2D eigenvalue weighted by molar-refractivity contribution is 5.49. The minimum absolute atomic E-state index is 0.326. The van der Waals surface area contributed by atoms with Gasteiger partial charge in [-0.3, -0.25) is 4.98 Å². The van der Waals surface area contributed by atoms with Crippen molar-refractivity contribution in [3.8, 4) is 17.9 Å². The van der Waals surface area contributed by atoms with E-state index in [9.17, 15) is 13.2 Å². The molecular formula is C15H7F3N2. The minimum Gasteiger partial charge on any atom is -0.263 e. The van der Waals surface area contributed by atoms with Crippen LogP contribution >= 0.6 is 0 Å². The Balaban J connectivity index is 2.28. The van der Waals surface area contributed by atoms with Crippen LogP contribution in [0.4, 0.5) is 13.2 Å². The summed E-state index contributed by atoms with van der Waals surface area (Å²) < 4.78 is 37.2. The number of aromatic nitrogens is 1. The number of halogens is 3. The summed E-state index contributed by atoms with van der Waals surface area (Å²) >= 11 is 0. The Kier molecular flexibility index (Phi) is 3.72. The molecule has 0 saturated carbocycles. The predicted molar refractivity (Wildman–Crippen MR) is 66.4 cm³/mol. The average Bonchev–Trinajstić information content (AvgIpc) is 2.45. The lowest BCUT2D eigenvalue weighted by molar-refractivity contribution is -0.137. The molecule has 2 aromatic rings. The number of pyridine rings is 1. The summed E-state index contributed by atoms with van der Waals surface area (Å²) in [6, 6.07) is 8.06. The maximum absolute atomic E-state index is 12.4. The van der Waals surface area contributed by atoms with Gasteiger partial charge in [0.25, 0.3) is 0 Å². The summed E-state index contributed by atoms with van der Waals surface area (Å²) in [6.45, 7) is 0. The molecule has 0 atom stereocenters. The topological polar surface area (TPSA) is 36.7 Å². The van der Waals surface area contributed by atoms with Crippen LogP contribution in [0.5, 0.6) is 0 Å². The summed E-state index contributed by atoms with van der Waals surface area (Å²) in [4.78, 5) is 3.79. The zero-order valence-electron chi connectivity index (χ0n) is 10.1. The normalized spacial score (nSPS) is 10.3. The average molecular weight is 272 g/mol. The van der Waals surface area contributed by atoms with E-state index in [1.54, 1.807) is 6.07 Å². The van der Waals surface area contributed by atoms with Crippen molar-refractivity contribution in [3.63, 3.8) is 0 Å². The highest BCUT2D eigenvalue weighted by Gasteiger charge is 2.29. The van der Waals surface area contributed by atoms with E-state index in [2.05, 4.69) is 16.8 Å². The lowest BCUT2D eigenvalue weighted by Gasteiger charge is -2.05. The van der Waals surface area contributed by atoms with E-state index in [1.807, 2.05) is 6.07 Å². The summed E-state index contributed by atoms with van der Waals surface area (Å²) in [5, 5.41) is 8.86. The van der Waals surface area contributed by atoms with Crippen LogP contribution in [-0.2, 0) is 6.18 Å². The number of nitrogens with zero attached hydrogens (tertiary/aromatic N) is 2. The number of alkyl halides is 3. The molecule has 5 heteroatoms. The van der Waals surface area contributed by atoms with E-state index < -0.39 is 11.7 Å². The van der Waals surface area contributed by atoms with E-state index in [0.717, 1.165) is 12.1 Å². The Hall–Kier alpha value is -2.79. The van der Waals surface area contributed by atoms with Crippen molar-refractivity contribution in [2.75, 3.05) is 0 Å². The Labute approximate surface area is 113 Å². The summed E-state index contributed by atoms with van der Waals surface area (Å²) in [6.07, 6.45) is -1.47. The van der Waals surface area contributed by atoms with Crippen molar-refractivity contribution in [2.24, 2.45) is 0 Å². The fourth-order valence-electron chi connectivity index (χ4n) is 1.47. The number of hydrogen-bond donors (Lipinski definition) is 0. The monoisotopic (exact) mass is 272 g/mol. The molecule has 0 aliphatic heterocycles. The maximum atomic E-state index is 12.4. The lowest BCUT2D eigenvalue weighted by atomic mass is 10.1. The van der Waals surface area contributed by atoms with Crippen molar-refractivity contribution in [1.82, 2.24) is 4.98 Å². The highest BCUT2D eigenvalue weighted by atomic mass is 19.4. The van der Waals surface area contributed by atoms with E-state index >= 15 is 0 Å². The van der Waals surface area contributed by atoms with E-state index in [-0.39, 0.29) is 0 Å². The van der Waals surface area contributed by atoms with Crippen LogP contribution in [0.15, 0.2) is 42.7 Å². The van der Waals surface area contributed by atoms with Gasteiger partial charge in [-0.05, 0) is 30.3 Å². The van der Waals surface area contributed by atoms with E-state index in [1.165, 1.54) is 24.5 Å². The van der Waals surface area contributed by atoms with Crippen LogP contribution in [0.1, 0.15) is 22.3 Å². The van der Waals surface area contributed by atoms with Gasteiger partial charge in [0.05, 0.1) is 11.1 Å². The summed E-state index contributed by atoms with van der Waals surface area (Å²) in [7, 11) is 0. The maximum Gasteiger partial charge on any atom is 0.416 e. The van der Waals surface area contributed by atoms with Crippen molar-refractivity contribution in [2.45, 2.75) is 6.18 Å². The standard InChI is InChI=1S/C15H7F3N2/c16-15(17,18)14-5-2-11(3-6-14)1-4-12-7-8-20-10-13(12)9-19/h2-3,5-8,10H. The zero-order chi connectivity index (χ0) is 14.6. The van der Waals surface area contributed by atoms with Gasteiger partial charge in [0, 0.05) is 23.5 Å². The second-order valence-corrected chi connectivity index (χ2v) is 3.86. The summed E-state index contributed by atoms with van der Waals surface area (Å²) in [5.41, 5.74) is 0.540. The molecule has 0 amide bonds. The SMILES string of the molecule is N#Cc1cnccc1C#Cc1ccc(C(F)(F)F)cc1. The van der Waals surface area contributed by atoms with Crippen molar-refractivity contribution in [1.29, 1.82) is 5.26 Å². The van der Waals surface area contributed by atoms with Crippen LogP contribution in [0, 0.1) is 23.2 Å². The molecule has 20 heavy (non-hydrogen) atoms. The van der Waals surface area contributed by atoms with Crippen LogP contribution in [-0.4, -0.2) is 4.98 Å². The minimum atomic E-state index is -4.36. The fraction of sp³-hybridized carbons (Fsp3) is 0.0667. The third-order valence-electron chi connectivity index (χ3n) is 2.50. The number of nitriles is 1. The van der Waals surface area contributed by atoms with Crippen molar-refractivity contribution >= 4 is 0 Å². The second kappa shape index (κ2) is 5.46. The first-order chi connectivity index (χ1) is 9.50. The quantitative estimate of drug-likeness (QED) is 0.689. The van der Waals surface area contributed by atoms with Gasteiger partial charge in [-0.15, -0.1) is 0 Å². The van der Waals surface area contributed by atoms with Gasteiger partial charge in [-0.2, -0.15) is 18.4 Å². The molecule has 0 radical (unpaired) electrons. The first kappa shape index (κ1) is 13.6. The fourth-order valence-corrected chi connectivity index (χ4v) is 1.47. The van der Waals surface area contributed by atoms with Gasteiger partial charge < -0.3 is 0 Å². The largest absolute Gasteiger partial charge is 0.416 e. The van der Waals surface area contributed by atoms with Crippen LogP contribution < -0.4 is 0 Å². The van der Waals surface area contributed by atoms with Gasteiger partial charge in [0.1, 0.15) is 6.07 Å². The van der Waals surface area contributed by atoms with Gasteiger partial charge in [0.15, 0.2) is 0 Å². The van der Waals surface area contributed by atoms with Crippen molar-refractivity contribution < 1.29 is 13.2 Å². The number of benzene rings is 1. The first-order valence-corrected chi connectivity index (χ1v) is 5.54. The second-order valence-electron chi connectivity index (χ2n) is 3.86. The molecule has 0 fully saturated rings. The molecule has 0 N–H and O–H groups in total. The van der Waals surface area contributed by atoms with Gasteiger partial charge >= 0.3 is 6.18 Å². The van der Waals surface area contributed by atoms with E-state index in [4.69, 9.17) is 5.26 Å². The molecule has 0 bridgehead atoms. The third kappa shape index (κ3) is 3.15. The molecule has 0 unspecified atom stereocenters. The Morgan fingerprint density at radius 3 is 2.25 bits per heavy atom. The molecular weight excluding hydrogens is 265 g/mol. The molecule has 2 nitrogen and oxygen atoms in total. The third-order valence-corrected chi connectivity index (χ3v) is 2.50.